The van der Waals surface area contributed by atoms with Crippen LogP contribution in [0.1, 0.15) is 39.2 Å². The van der Waals surface area contributed by atoms with E-state index in [0.29, 0.717) is 17.6 Å². The fourth-order valence-electron chi connectivity index (χ4n) is 2.03. The summed E-state index contributed by atoms with van der Waals surface area (Å²) in [5.41, 5.74) is 3.74. The van der Waals surface area contributed by atoms with Crippen LogP contribution in [0.25, 0.3) is 0 Å². The third kappa shape index (κ3) is 7.13. The first-order valence-electron chi connectivity index (χ1n) is 8.12. The Balaban J connectivity index is 2.51. The zero-order valence-electron chi connectivity index (χ0n) is 15.1. The van der Waals surface area contributed by atoms with Gasteiger partial charge in [-0.2, -0.15) is 10.2 Å². The van der Waals surface area contributed by atoms with E-state index in [-0.39, 0.29) is 5.91 Å². The number of benzene rings is 1. The summed E-state index contributed by atoms with van der Waals surface area (Å²) < 4.78 is 0. The van der Waals surface area contributed by atoms with E-state index in [1.165, 1.54) is 17.3 Å². The maximum Gasteiger partial charge on any atom is 0.237 e. The van der Waals surface area contributed by atoms with Crippen LogP contribution in [-0.2, 0) is 4.79 Å². The van der Waals surface area contributed by atoms with Gasteiger partial charge in [-0.3, -0.25) is 4.79 Å². The first kappa shape index (κ1) is 20.2. The molecule has 0 atom stereocenters. The van der Waals surface area contributed by atoms with Crippen LogP contribution in [0.2, 0.25) is 0 Å². The highest BCUT2D eigenvalue weighted by atomic mass is 32.2. The van der Waals surface area contributed by atoms with Gasteiger partial charge < -0.3 is 4.90 Å². The minimum absolute atomic E-state index is 0.0447. The molecule has 24 heavy (non-hydrogen) atoms. The first-order chi connectivity index (χ1) is 11.4. The summed E-state index contributed by atoms with van der Waals surface area (Å²) in [4.78, 5) is 14.0. The van der Waals surface area contributed by atoms with Gasteiger partial charge in [-0.05, 0) is 29.5 Å². The zero-order valence-corrected chi connectivity index (χ0v) is 16.0. The molecule has 0 radical (unpaired) electrons. The Morgan fingerprint density at radius 2 is 1.92 bits per heavy atom. The van der Waals surface area contributed by atoms with E-state index in [9.17, 15) is 4.79 Å². The molecule has 5 heteroatoms. The summed E-state index contributed by atoms with van der Waals surface area (Å²) in [6, 6.07) is 8.01. The highest BCUT2D eigenvalue weighted by molar-refractivity contribution is 8.12. The summed E-state index contributed by atoms with van der Waals surface area (Å²) in [6.45, 7) is 8.46. The van der Waals surface area contributed by atoms with Crippen LogP contribution in [0.5, 0.6) is 0 Å². The number of anilines is 1. The highest BCUT2D eigenvalue weighted by Gasteiger charge is 2.15. The van der Waals surface area contributed by atoms with Crippen LogP contribution < -0.4 is 4.90 Å². The number of hydrogen-bond acceptors (Lipinski definition) is 4. The summed E-state index contributed by atoms with van der Waals surface area (Å²) in [5, 5.41) is 7.80. The van der Waals surface area contributed by atoms with Crippen molar-refractivity contribution < 1.29 is 4.79 Å². The molecular weight excluding hydrogens is 318 g/mol. The molecule has 0 aliphatic carbocycles. The number of rotatable bonds is 8. The van der Waals surface area contributed by atoms with Crippen molar-refractivity contribution in [1.29, 1.82) is 0 Å². The summed E-state index contributed by atoms with van der Waals surface area (Å²) >= 11 is 1.34. The monoisotopic (exact) mass is 345 g/mol. The van der Waals surface area contributed by atoms with Gasteiger partial charge in [-0.15, -0.1) is 11.8 Å². The van der Waals surface area contributed by atoms with Gasteiger partial charge in [0.1, 0.15) is 0 Å². The average Bonchev–Trinajstić information content (AvgIpc) is 2.56. The molecular formula is C19H27N3OS. The predicted molar refractivity (Wildman–Crippen MR) is 107 cm³/mol. The molecule has 4 nitrogen and oxygen atoms in total. The van der Waals surface area contributed by atoms with Gasteiger partial charge in [-0.1, -0.05) is 52.0 Å². The molecule has 1 aromatic carbocycles. The van der Waals surface area contributed by atoms with E-state index < -0.39 is 0 Å². The predicted octanol–water partition coefficient (Wildman–Crippen LogP) is 4.73. The minimum Gasteiger partial charge on any atom is -0.314 e. The van der Waals surface area contributed by atoms with Crippen molar-refractivity contribution in [3.8, 4) is 0 Å². The van der Waals surface area contributed by atoms with E-state index in [1.807, 2.05) is 37.4 Å². The van der Waals surface area contributed by atoms with Crippen LogP contribution in [-0.4, -0.2) is 30.5 Å². The van der Waals surface area contributed by atoms with Gasteiger partial charge in [-0.25, -0.2) is 0 Å². The van der Waals surface area contributed by atoms with Gasteiger partial charge in [0.2, 0.25) is 5.91 Å². The zero-order chi connectivity index (χ0) is 17.9. The fraction of sp³-hybridized carbons (Fsp3) is 0.421. The lowest BCUT2D eigenvalue weighted by atomic mass is 10.0. The van der Waals surface area contributed by atoms with Gasteiger partial charge in [0.15, 0.2) is 0 Å². The average molecular weight is 346 g/mol. The smallest absolute Gasteiger partial charge is 0.237 e. The lowest BCUT2D eigenvalue weighted by Crippen LogP contribution is -2.29. The molecule has 0 N–H and O–H groups in total. The van der Waals surface area contributed by atoms with Crippen LogP contribution in [0.15, 0.2) is 46.6 Å². The fourth-order valence-corrected chi connectivity index (χ4v) is 2.56. The Labute approximate surface area is 149 Å². The van der Waals surface area contributed by atoms with E-state index in [1.54, 1.807) is 16.7 Å². The van der Waals surface area contributed by atoms with Crippen LogP contribution in [0.3, 0.4) is 0 Å². The Morgan fingerprint density at radius 1 is 1.21 bits per heavy atom. The summed E-state index contributed by atoms with van der Waals surface area (Å²) in [6.07, 6.45) is 5.55. The molecule has 0 heterocycles. The van der Waals surface area contributed by atoms with Crippen molar-refractivity contribution in [2.75, 3.05) is 17.7 Å². The lowest BCUT2D eigenvalue weighted by Gasteiger charge is -2.22. The second-order valence-electron chi connectivity index (χ2n) is 6.09. The lowest BCUT2D eigenvalue weighted by molar-refractivity contribution is -0.115. The molecule has 130 valence electrons. The minimum atomic E-state index is 0.0447. The Bertz CT molecular complexity index is 606. The number of carbonyl (C=O) groups excluding carboxylic acids is 1. The van der Waals surface area contributed by atoms with Gasteiger partial charge in [0.25, 0.3) is 0 Å². The number of amides is 1. The number of nitrogens with zero attached hydrogens (tertiary/aromatic N) is 3. The molecule has 1 aromatic rings. The van der Waals surface area contributed by atoms with Gasteiger partial charge in [0, 0.05) is 18.9 Å². The van der Waals surface area contributed by atoms with Crippen molar-refractivity contribution in [2.24, 2.45) is 16.1 Å². The molecule has 0 fully saturated rings. The van der Waals surface area contributed by atoms with E-state index >= 15 is 0 Å². The van der Waals surface area contributed by atoms with Gasteiger partial charge >= 0.3 is 0 Å². The number of hydrogen-bond donors (Lipinski definition) is 0. The standard InChI is InChI=1S/C19H27N3OS/c1-15(2)9-8-12-20-21-14-24-13-19(23)22(5)18-11-7-6-10-17(18)16(3)4/h6-12,14-16H,13H2,1-5H3/b9-8-,20-12+,21-14-. The molecule has 0 aromatic heterocycles. The maximum absolute atomic E-state index is 12.3. The van der Waals surface area contributed by atoms with Crippen molar-refractivity contribution in [3.05, 3.63) is 42.0 Å². The number of carbonyl (C=O) groups is 1. The molecule has 0 spiro atoms. The third-order valence-corrected chi connectivity index (χ3v) is 4.00. The van der Waals surface area contributed by atoms with E-state index in [0.717, 1.165) is 5.69 Å². The molecule has 1 amide bonds. The molecule has 0 saturated heterocycles. The molecule has 0 saturated carbocycles. The largest absolute Gasteiger partial charge is 0.314 e. The van der Waals surface area contributed by atoms with Gasteiger partial charge in [0.05, 0.1) is 11.3 Å². The Kier molecular flexibility index (Phi) is 9.08. The Hall–Kier alpha value is -1.88. The van der Waals surface area contributed by atoms with Crippen LogP contribution in [0.4, 0.5) is 5.69 Å². The van der Waals surface area contributed by atoms with Crippen molar-refractivity contribution in [3.63, 3.8) is 0 Å². The number of thioether (sulfide) groups is 1. The second kappa shape index (κ2) is 10.8. The van der Waals surface area contributed by atoms with Crippen LogP contribution in [0, 0.1) is 5.92 Å². The van der Waals surface area contributed by atoms with E-state index in [4.69, 9.17) is 0 Å². The molecule has 0 bridgehead atoms. The summed E-state index contributed by atoms with van der Waals surface area (Å²) in [5.74, 6) is 1.25. The SMILES string of the molecule is CC(C)\C=C/C=N/N=C\SCC(=O)N(C)c1ccccc1C(C)C. The Morgan fingerprint density at radius 3 is 2.58 bits per heavy atom. The third-order valence-electron chi connectivity index (χ3n) is 3.34. The van der Waals surface area contributed by atoms with Crippen molar-refractivity contribution >= 4 is 35.1 Å². The molecule has 0 aliphatic rings. The first-order valence-corrected chi connectivity index (χ1v) is 9.17. The normalized spacial score (nSPS) is 12.3. The van der Waals surface area contributed by atoms with Crippen LogP contribution >= 0.6 is 11.8 Å². The van der Waals surface area contributed by atoms with E-state index in [2.05, 4.69) is 44.0 Å². The molecule has 1 rings (SSSR count). The highest BCUT2D eigenvalue weighted by Crippen LogP contribution is 2.26. The topological polar surface area (TPSA) is 45.0 Å². The molecule has 0 aliphatic heterocycles. The quantitative estimate of drug-likeness (QED) is 0.388. The number of para-hydroxylation sites is 1. The number of allylic oxidation sites excluding steroid dienone is 2. The second-order valence-corrected chi connectivity index (χ2v) is 6.92. The summed E-state index contributed by atoms with van der Waals surface area (Å²) in [7, 11) is 1.82. The van der Waals surface area contributed by atoms with Crippen molar-refractivity contribution in [1.82, 2.24) is 0 Å². The molecule has 0 unspecified atom stereocenters. The van der Waals surface area contributed by atoms with Crippen molar-refractivity contribution in [2.45, 2.75) is 33.6 Å². The maximum atomic E-state index is 12.3.